The minimum Gasteiger partial charge on any atom is -0.382 e. The average Bonchev–Trinajstić information content (AvgIpc) is 2.86. The van der Waals surface area contributed by atoms with E-state index >= 15 is 0 Å². The molecule has 0 spiro atoms. The van der Waals surface area contributed by atoms with Gasteiger partial charge < -0.3 is 15.2 Å². The Morgan fingerprint density at radius 1 is 1.65 bits per heavy atom. The van der Waals surface area contributed by atoms with Crippen LogP contribution in [0, 0.1) is 11.3 Å². The monoisotopic (exact) mass is 248 g/mol. The maximum absolute atomic E-state index is 9.01. The molecule has 7 heteroatoms. The van der Waals surface area contributed by atoms with Crippen molar-refractivity contribution in [1.29, 1.82) is 5.26 Å². The second-order valence-electron chi connectivity index (χ2n) is 3.67. The highest BCUT2D eigenvalue weighted by Crippen LogP contribution is 2.29. The number of nitrogens with zero attached hydrogens (tertiary/aromatic N) is 5. The number of nitrogen functional groups attached to an aromatic ring is 1. The first-order valence-corrected chi connectivity index (χ1v) is 5.73. The van der Waals surface area contributed by atoms with Gasteiger partial charge in [0.05, 0.1) is 6.54 Å². The van der Waals surface area contributed by atoms with Crippen LogP contribution >= 0.6 is 11.5 Å². The first-order chi connectivity index (χ1) is 8.13. The van der Waals surface area contributed by atoms with E-state index in [0.29, 0.717) is 17.9 Å². The van der Waals surface area contributed by atoms with Crippen molar-refractivity contribution >= 4 is 22.4 Å². The van der Waals surface area contributed by atoms with Crippen LogP contribution in [0.15, 0.2) is 12.4 Å². The van der Waals surface area contributed by atoms with Gasteiger partial charge in [-0.05, 0) is 11.5 Å². The molecule has 0 saturated carbocycles. The molecule has 2 aromatic heterocycles. The van der Waals surface area contributed by atoms with E-state index in [4.69, 9.17) is 11.0 Å². The first-order valence-electron chi connectivity index (χ1n) is 4.96. The van der Waals surface area contributed by atoms with Crippen LogP contribution in [-0.4, -0.2) is 21.0 Å². The maximum Gasteiger partial charge on any atom is 0.157 e. The highest BCUT2D eigenvalue weighted by atomic mass is 32.1. The zero-order valence-electron chi connectivity index (χ0n) is 9.58. The Bertz CT molecular complexity index is 564. The average molecular weight is 248 g/mol. The zero-order chi connectivity index (χ0) is 12.4. The fraction of sp³-hybridized carbons (Fsp3) is 0.300. The zero-order valence-corrected chi connectivity index (χ0v) is 10.4. The second-order valence-corrected chi connectivity index (χ2v) is 4.42. The lowest BCUT2D eigenvalue weighted by atomic mass is 10.3. The Balaban J connectivity index is 2.24. The van der Waals surface area contributed by atoms with Crippen molar-refractivity contribution in [2.75, 3.05) is 17.7 Å². The van der Waals surface area contributed by atoms with Crippen molar-refractivity contribution in [1.82, 2.24) is 13.9 Å². The van der Waals surface area contributed by atoms with Crippen LogP contribution in [0.1, 0.15) is 11.4 Å². The molecule has 0 atom stereocenters. The Hall–Kier alpha value is -2.07. The summed E-state index contributed by atoms with van der Waals surface area (Å²) in [6.07, 6.45) is 3.63. The van der Waals surface area contributed by atoms with Gasteiger partial charge in [-0.3, -0.25) is 0 Å². The van der Waals surface area contributed by atoms with Gasteiger partial charge in [0.2, 0.25) is 0 Å². The van der Waals surface area contributed by atoms with Gasteiger partial charge in [-0.25, -0.2) is 4.98 Å². The van der Waals surface area contributed by atoms with E-state index in [2.05, 4.69) is 15.4 Å². The number of imidazole rings is 1. The van der Waals surface area contributed by atoms with E-state index in [0.717, 1.165) is 10.8 Å². The minimum absolute atomic E-state index is 0.291. The fourth-order valence-electron chi connectivity index (χ4n) is 1.49. The van der Waals surface area contributed by atoms with Crippen molar-refractivity contribution in [3.63, 3.8) is 0 Å². The molecule has 6 nitrogen and oxygen atoms in total. The molecule has 17 heavy (non-hydrogen) atoms. The smallest absolute Gasteiger partial charge is 0.157 e. The van der Waals surface area contributed by atoms with E-state index in [1.165, 1.54) is 11.5 Å². The third-order valence-electron chi connectivity index (χ3n) is 2.46. The molecule has 88 valence electrons. The summed E-state index contributed by atoms with van der Waals surface area (Å²) in [5.41, 5.74) is 6.06. The molecule has 0 aliphatic carbocycles. The van der Waals surface area contributed by atoms with E-state index in [9.17, 15) is 0 Å². The second kappa shape index (κ2) is 4.43. The molecule has 0 unspecified atom stereocenters. The Morgan fingerprint density at radius 2 is 2.41 bits per heavy atom. The summed E-state index contributed by atoms with van der Waals surface area (Å²) in [6, 6.07) is 2.07. The summed E-state index contributed by atoms with van der Waals surface area (Å²) < 4.78 is 5.93. The van der Waals surface area contributed by atoms with Crippen LogP contribution in [0.5, 0.6) is 0 Å². The molecule has 0 bridgehead atoms. The van der Waals surface area contributed by atoms with Gasteiger partial charge >= 0.3 is 0 Å². The van der Waals surface area contributed by atoms with Gasteiger partial charge in [0.1, 0.15) is 22.5 Å². The quantitative estimate of drug-likeness (QED) is 0.874. The Kier molecular flexibility index (Phi) is 2.97. The number of nitrogens with two attached hydrogens (primary N) is 1. The van der Waals surface area contributed by atoms with Crippen LogP contribution in [0.2, 0.25) is 0 Å². The molecule has 0 radical (unpaired) electrons. The van der Waals surface area contributed by atoms with Crippen LogP contribution in [0.25, 0.3) is 0 Å². The topological polar surface area (TPSA) is 83.8 Å². The van der Waals surface area contributed by atoms with E-state index in [1.54, 1.807) is 6.20 Å². The summed E-state index contributed by atoms with van der Waals surface area (Å²) in [7, 11) is 3.82. The lowest BCUT2D eigenvalue weighted by molar-refractivity contribution is 0.764. The number of anilines is 2. The standard InChI is InChI=1S/C10H12N6S/c1-15-4-3-13-8(15)6-16(2)10-7(5-11)9(12)14-17-10/h3-4H,6H2,1-2H3,(H2,12,14). The highest BCUT2D eigenvalue weighted by Gasteiger charge is 2.16. The lowest BCUT2D eigenvalue weighted by Crippen LogP contribution is -2.18. The fourth-order valence-corrected chi connectivity index (χ4v) is 2.21. The largest absolute Gasteiger partial charge is 0.382 e. The van der Waals surface area contributed by atoms with E-state index < -0.39 is 0 Å². The third-order valence-corrected chi connectivity index (χ3v) is 3.44. The lowest BCUT2D eigenvalue weighted by Gasteiger charge is -2.16. The predicted molar refractivity (Wildman–Crippen MR) is 66.6 cm³/mol. The molecule has 2 heterocycles. The van der Waals surface area contributed by atoms with Crippen LogP contribution in [0.4, 0.5) is 10.8 Å². The van der Waals surface area contributed by atoms with Crippen molar-refractivity contribution in [2.45, 2.75) is 6.54 Å². The molecular weight excluding hydrogens is 236 g/mol. The molecule has 0 amide bonds. The van der Waals surface area contributed by atoms with Crippen molar-refractivity contribution in [2.24, 2.45) is 7.05 Å². The normalized spacial score (nSPS) is 10.2. The van der Waals surface area contributed by atoms with Crippen molar-refractivity contribution in [3.8, 4) is 6.07 Å². The van der Waals surface area contributed by atoms with Gasteiger partial charge in [0.25, 0.3) is 0 Å². The number of aryl methyl sites for hydroxylation is 1. The van der Waals surface area contributed by atoms with Crippen LogP contribution in [-0.2, 0) is 13.6 Å². The van der Waals surface area contributed by atoms with Gasteiger partial charge in [-0.2, -0.15) is 9.64 Å². The number of rotatable bonds is 3. The van der Waals surface area contributed by atoms with Crippen molar-refractivity contribution in [3.05, 3.63) is 23.8 Å². The van der Waals surface area contributed by atoms with Gasteiger partial charge in [0.15, 0.2) is 5.82 Å². The summed E-state index contributed by atoms with van der Waals surface area (Å²) in [6.45, 7) is 0.611. The summed E-state index contributed by atoms with van der Waals surface area (Å²) in [4.78, 5) is 6.16. The summed E-state index contributed by atoms with van der Waals surface area (Å²) >= 11 is 1.23. The Morgan fingerprint density at radius 3 is 3.00 bits per heavy atom. The van der Waals surface area contributed by atoms with Gasteiger partial charge in [0, 0.05) is 26.5 Å². The van der Waals surface area contributed by atoms with Gasteiger partial charge in [-0.15, -0.1) is 0 Å². The number of hydrogen-bond acceptors (Lipinski definition) is 6. The Labute approximate surface area is 103 Å². The molecule has 2 N–H and O–H groups in total. The molecule has 2 aromatic rings. The number of nitriles is 1. The van der Waals surface area contributed by atoms with Crippen LogP contribution in [0.3, 0.4) is 0 Å². The molecular formula is C10H12N6S. The van der Waals surface area contributed by atoms with E-state index in [-0.39, 0.29) is 0 Å². The third kappa shape index (κ3) is 2.07. The van der Waals surface area contributed by atoms with E-state index in [1.807, 2.05) is 29.8 Å². The summed E-state index contributed by atoms with van der Waals surface area (Å²) in [5, 5.41) is 9.78. The van der Waals surface area contributed by atoms with Gasteiger partial charge in [-0.1, -0.05) is 0 Å². The minimum atomic E-state index is 0.291. The molecule has 0 saturated heterocycles. The molecule has 0 aliphatic heterocycles. The highest BCUT2D eigenvalue weighted by molar-refractivity contribution is 7.10. The molecule has 0 fully saturated rings. The molecule has 0 aromatic carbocycles. The first kappa shape index (κ1) is 11.4. The van der Waals surface area contributed by atoms with Crippen molar-refractivity contribution < 1.29 is 0 Å². The molecule has 2 rings (SSSR count). The predicted octanol–water partition coefficient (Wildman–Crippen LogP) is 0.967. The van der Waals surface area contributed by atoms with Crippen LogP contribution < -0.4 is 10.6 Å². The summed E-state index contributed by atoms with van der Waals surface area (Å²) in [5.74, 6) is 1.21. The SMILES string of the molecule is CN(Cc1nccn1C)c1snc(N)c1C#N. The maximum atomic E-state index is 9.01. The number of hydrogen-bond donors (Lipinski definition) is 1. The molecule has 0 aliphatic rings. The number of aromatic nitrogens is 3.